The van der Waals surface area contributed by atoms with E-state index in [9.17, 15) is 9.59 Å². The number of furan rings is 1. The van der Waals surface area contributed by atoms with Gasteiger partial charge in [0.1, 0.15) is 5.76 Å². The molecule has 1 aliphatic heterocycles. The summed E-state index contributed by atoms with van der Waals surface area (Å²) in [6.45, 7) is 1.83. The molecule has 5 heteroatoms. The van der Waals surface area contributed by atoms with Crippen molar-refractivity contribution >= 4 is 17.5 Å². The van der Waals surface area contributed by atoms with Gasteiger partial charge < -0.3 is 10.2 Å². The fraction of sp³-hybridized carbons (Fsp3) is 0.200. The van der Waals surface area contributed by atoms with E-state index < -0.39 is 0 Å². The van der Waals surface area contributed by atoms with Gasteiger partial charge in [-0.15, -0.1) is 0 Å². The van der Waals surface area contributed by atoms with Crippen molar-refractivity contribution in [1.82, 2.24) is 4.90 Å². The predicted octanol–water partition coefficient (Wildman–Crippen LogP) is 2.09. The van der Waals surface area contributed by atoms with Gasteiger partial charge in [-0.25, -0.2) is 0 Å². The third-order valence-electron chi connectivity index (χ3n) is 3.46. The quantitative estimate of drug-likeness (QED) is 0.684. The number of hydrogen-bond donors (Lipinski definition) is 1. The van der Waals surface area contributed by atoms with E-state index in [1.165, 1.54) is 4.90 Å². The monoisotopic (exact) mass is 270 g/mol. The zero-order chi connectivity index (χ0) is 14.3. The Morgan fingerprint density at radius 3 is 2.65 bits per heavy atom. The molecule has 0 bridgehead atoms. The van der Waals surface area contributed by atoms with Crippen molar-refractivity contribution in [3.05, 3.63) is 53.5 Å². The maximum Gasteiger partial charge on any atom is 0.261 e. The predicted molar refractivity (Wildman–Crippen MR) is 73.2 cm³/mol. The van der Waals surface area contributed by atoms with Crippen molar-refractivity contribution in [3.8, 4) is 0 Å². The van der Waals surface area contributed by atoms with Crippen LogP contribution < -0.4 is 5.73 Å². The number of hydrogen-bond acceptors (Lipinski definition) is 4. The second-order valence-electron chi connectivity index (χ2n) is 4.92. The van der Waals surface area contributed by atoms with Crippen LogP contribution in [0.25, 0.3) is 0 Å². The van der Waals surface area contributed by atoms with E-state index in [-0.39, 0.29) is 17.9 Å². The van der Waals surface area contributed by atoms with Gasteiger partial charge in [-0.2, -0.15) is 0 Å². The van der Waals surface area contributed by atoms with Crippen molar-refractivity contribution in [3.63, 3.8) is 0 Å². The van der Waals surface area contributed by atoms with Gasteiger partial charge in [0.25, 0.3) is 11.8 Å². The summed E-state index contributed by atoms with van der Waals surface area (Å²) >= 11 is 0. The average Bonchev–Trinajstić information content (AvgIpc) is 2.98. The molecule has 5 nitrogen and oxygen atoms in total. The number of benzene rings is 1. The van der Waals surface area contributed by atoms with E-state index in [0.717, 1.165) is 5.76 Å². The highest BCUT2D eigenvalue weighted by Gasteiger charge is 2.38. The molecule has 2 heterocycles. The standard InChI is InChI=1S/C15H14N2O3/c1-9(7-11-3-2-6-20-11)17-14(18)12-5-4-10(16)8-13(12)15(17)19/h2-6,8-9H,7,16H2,1H3. The summed E-state index contributed by atoms with van der Waals surface area (Å²) in [4.78, 5) is 25.9. The Hall–Kier alpha value is -2.56. The molecule has 1 atom stereocenters. The SMILES string of the molecule is CC(Cc1ccco1)N1C(=O)c2ccc(N)cc2C1=O. The Bertz CT molecular complexity index is 676. The molecule has 3 rings (SSSR count). The summed E-state index contributed by atoms with van der Waals surface area (Å²) in [5, 5.41) is 0. The van der Waals surface area contributed by atoms with Crippen molar-refractivity contribution in [2.75, 3.05) is 5.73 Å². The Morgan fingerprint density at radius 1 is 1.20 bits per heavy atom. The maximum atomic E-state index is 12.3. The molecule has 20 heavy (non-hydrogen) atoms. The second-order valence-corrected chi connectivity index (χ2v) is 4.92. The van der Waals surface area contributed by atoms with Crippen LogP contribution in [-0.2, 0) is 6.42 Å². The lowest BCUT2D eigenvalue weighted by Crippen LogP contribution is -2.39. The number of carbonyl (C=O) groups excluding carboxylic acids is 2. The van der Waals surface area contributed by atoms with Crippen molar-refractivity contribution in [2.24, 2.45) is 0 Å². The lowest BCUT2D eigenvalue weighted by atomic mass is 10.1. The van der Waals surface area contributed by atoms with E-state index in [1.54, 1.807) is 30.5 Å². The normalized spacial score (nSPS) is 15.6. The lowest BCUT2D eigenvalue weighted by molar-refractivity contribution is 0.0593. The Labute approximate surface area is 116 Å². The number of nitrogen functional groups attached to an aromatic ring is 1. The molecule has 0 radical (unpaired) electrons. The van der Waals surface area contributed by atoms with Gasteiger partial charge >= 0.3 is 0 Å². The van der Waals surface area contributed by atoms with Crippen LogP contribution in [0.3, 0.4) is 0 Å². The minimum Gasteiger partial charge on any atom is -0.469 e. The number of imide groups is 1. The Kier molecular flexibility index (Phi) is 2.82. The first-order valence-corrected chi connectivity index (χ1v) is 6.37. The molecule has 102 valence electrons. The molecule has 0 spiro atoms. The zero-order valence-corrected chi connectivity index (χ0v) is 11.0. The van der Waals surface area contributed by atoms with Crippen molar-refractivity contribution < 1.29 is 14.0 Å². The second kappa shape index (κ2) is 4.52. The first-order chi connectivity index (χ1) is 9.58. The number of rotatable bonds is 3. The number of fused-ring (bicyclic) bond motifs is 1. The van der Waals surface area contributed by atoms with Crippen LogP contribution in [-0.4, -0.2) is 22.8 Å². The Balaban J connectivity index is 1.89. The van der Waals surface area contributed by atoms with Crippen LogP contribution in [0.1, 0.15) is 33.4 Å². The minimum atomic E-state index is -0.295. The summed E-state index contributed by atoms with van der Waals surface area (Å²) in [5.41, 5.74) is 6.94. The highest BCUT2D eigenvalue weighted by Crippen LogP contribution is 2.27. The van der Waals surface area contributed by atoms with Gasteiger partial charge in [-0.1, -0.05) is 0 Å². The molecule has 0 saturated heterocycles. The van der Waals surface area contributed by atoms with E-state index >= 15 is 0 Å². The van der Waals surface area contributed by atoms with E-state index in [0.29, 0.717) is 23.2 Å². The average molecular weight is 270 g/mol. The van der Waals surface area contributed by atoms with Crippen LogP contribution in [0, 0.1) is 0 Å². The smallest absolute Gasteiger partial charge is 0.261 e. The van der Waals surface area contributed by atoms with Gasteiger partial charge in [0.2, 0.25) is 0 Å². The molecule has 1 aliphatic rings. The van der Waals surface area contributed by atoms with E-state index in [4.69, 9.17) is 10.2 Å². The molecule has 0 aliphatic carbocycles. The fourth-order valence-corrected chi connectivity index (χ4v) is 2.49. The summed E-state index contributed by atoms with van der Waals surface area (Å²) in [5.74, 6) is 0.175. The van der Waals surface area contributed by atoms with Gasteiger partial charge in [0, 0.05) is 18.2 Å². The van der Waals surface area contributed by atoms with Gasteiger partial charge in [0.05, 0.1) is 17.4 Å². The third-order valence-corrected chi connectivity index (χ3v) is 3.46. The van der Waals surface area contributed by atoms with Gasteiger partial charge in [-0.3, -0.25) is 14.5 Å². The van der Waals surface area contributed by atoms with Crippen LogP contribution in [0.4, 0.5) is 5.69 Å². The largest absolute Gasteiger partial charge is 0.469 e. The summed E-state index contributed by atoms with van der Waals surface area (Å²) in [6, 6.07) is 8.12. The van der Waals surface area contributed by atoms with Crippen molar-refractivity contribution in [2.45, 2.75) is 19.4 Å². The molecule has 1 aromatic carbocycles. The highest BCUT2D eigenvalue weighted by molar-refractivity contribution is 6.21. The van der Waals surface area contributed by atoms with Crippen molar-refractivity contribution in [1.29, 1.82) is 0 Å². The van der Waals surface area contributed by atoms with Crippen LogP contribution in [0.5, 0.6) is 0 Å². The van der Waals surface area contributed by atoms with E-state index in [2.05, 4.69) is 0 Å². The fourth-order valence-electron chi connectivity index (χ4n) is 2.49. The third kappa shape index (κ3) is 1.87. The summed E-state index contributed by atoms with van der Waals surface area (Å²) in [6.07, 6.45) is 2.07. The number of nitrogens with two attached hydrogens (primary N) is 1. The topological polar surface area (TPSA) is 76.5 Å². The molecule has 2 amide bonds. The van der Waals surface area contributed by atoms with Crippen LogP contribution in [0.15, 0.2) is 41.0 Å². The molecule has 0 fully saturated rings. The molecule has 1 aromatic heterocycles. The molecule has 0 saturated carbocycles. The number of anilines is 1. The minimum absolute atomic E-state index is 0.269. The first-order valence-electron chi connectivity index (χ1n) is 6.37. The van der Waals surface area contributed by atoms with E-state index in [1.807, 2.05) is 13.0 Å². The van der Waals surface area contributed by atoms with Gasteiger partial charge in [0.15, 0.2) is 0 Å². The number of carbonyl (C=O) groups is 2. The summed E-state index contributed by atoms with van der Waals surface area (Å²) < 4.78 is 5.26. The molecular weight excluding hydrogens is 256 g/mol. The van der Waals surface area contributed by atoms with Crippen LogP contribution >= 0.6 is 0 Å². The van der Waals surface area contributed by atoms with Gasteiger partial charge in [-0.05, 0) is 37.3 Å². The zero-order valence-electron chi connectivity index (χ0n) is 11.0. The van der Waals surface area contributed by atoms with Crippen LogP contribution in [0.2, 0.25) is 0 Å². The molecule has 2 N–H and O–H groups in total. The highest BCUT2D eigenvalue weighted by atomic mass is 16.3. The lowest BCUT2D eigenvalue weighted by Gasteiger charge is -2.21. The first kappa shape index (κ1) is 12.5. The molecule has 1 unspecified atom stereocenters. The maximum absolute atomic E-state index is 12.3. The molecule has 2 aromatic rings. The number of nitrogens with zero attached hydrogens (tertiary/aromatic N) is 1. The summed E-state index contributed by atoms with van der Waals surface area (Å²) in [7, 11) is 0. The number of amides is 2. The Morgan fingerprint density at radius 2 is 1.95 bits per heavy atom. The molecular formula is C15H14N2O3.